The van der Waals surface area contributed by atoms with Crippen LogP contribution in [0.25, 0.3) is 0 Å². The van der Waals surface area contributed by atoms with Gasteiger partial charge in [0.15, 0.2) is 0 Å². The average Bonchev–Trinajstić information content (AvgIpc) is 2.75. The standard InChI is InChI=1S/C17H21FN2O5/c1-17(2)15(22)20(16(23)19-17)9-8-14(21)25-11-3-10-24-13-6-4-12(18)5-7-13/h4-7H,3,8-11H2,1-2H3,(H,19,23). The van der Waals surface area contributed by atoms with Gasteiger partial charge in [-0.2, -0.15) is 0 Å². The molecule has 0 spiro atoms. The first-order valence-corrected chi connectivity index (χ1v) is 7.98. The van der Waals surface area contributed by atoms with Gasteiger partial charge in [-0.25, -0.2) is 9.18 Å². The number of carbonyl (C=O) groups is 3. The van der Waals surface area contributed by atoms with Gasteiger partial charge >= 0.3 is 12.0 Å². The normalized spacial score (nSPS) is 15.9. The zero-order valence-corrected chi connectivity index (χ0v) is 14.2. The summed E-state index contributed by atoms with van der Waals surface area (Å²) in [5, 5.41) is 2.54. The van der Waals surface area contributed by atoms with Crippen LogP contribution >= 0.6 is 0 Å². The predicted octanol–water partition coefficient (Wildman–Crippen LogP) is 1.86. The van der Waals surface area contributed by atoms with Crippen LogP contribution in [0, 0.1) is 5.82 Å². The highest BCUT2D eigenvalue weighted by Gasteiger charge is 2.44. The number of hydrogen-bond donors (Lipinski definition) is 1. The summed E-state index contributed by atoms with van der Waals surface area (Å²) >= 11 is 0. The summed E-state index contributed by atoms with van der Waals surface area (Å²) < 4.78 is 23.1. The van der Waals surface area contributed by atoms with Gasteiger partial charge in [0, 0.05) is 13.0 Å². The number of esters is 1. The van der Waals surface area contributed by atoms with Crippen LogP contribution in [0.1, 0.15) is 26.7 Å². The van der Waals surface area contributed by atoms with Crippen molar-refractivity contribution in [1.29, 1.82) is 0 Å². The van der Waals surface area contributed by atoms with Crippen molar-refractivity contribution in [2.45, 2.75) is 32.2 Å². The molecule has 0 aliphatic carbocycles. The SMILES string of the molecule is CC1(C)NC(=O)N(CCC(=O)OCCCOc2ccc(F)cc2)C1=O. The molecule has 1 aromatic carbocycles. The van der Waals surface area contributed by atoms with Crippen molar-refractivity contribution >= 4 is 17.9 Å². The second-order valence-electron chi connectivity index (χ2n) is 6.14. The molecule has 0 unspecified atom stereocenters. The molecule has 1 aliphatic heterocycles. The summed E-state index contributed by atoms with van der Waals surface area (Å²) in [4.78, 5) is 36.3. The van der Waals surface area contributed by atoms with E-state index < -0.39 is 17.5 Å². The average molecular weight is 352 g/mol. The summed E-state index contributed by atoms with van der Waals surface area (Å²) in [6, 6.07) is 5.12. The third kappa shape index (κ3) is 5.17. The zero-order chi connectivity index (χ0) is 18.4. The number of amides is 3. The van der Waals surface area contributed by atoms with Crippen LogP contribution in [0.15, 0.2) is 24.3 Å². The molecule has 1 fully saturated rings. The summed E-state index contributed by atoms with van der Waals surface area (Å²) in [5.74, 6) is -0.659. The van der Waals surface area contributed by atoms with Gasteiger partial charge in [-0.1, -0.05) is 0 Å². The first kappa shape index (κ1) is 18.7. The Hall–Kier alpha value is -2.64. The van der Waals surface area contributed by atoms with Gasteiger partial charge in [-0.15, -0.1) is 0 Å². The van der Waals surface area contributed by atoms with Crippen molar-refractivity contribution in [2.24, 2.45) is 0 Å². The van der Waals surface area contributed by atoms with Crippen LogP contribution in [-0.2, 0) is 14.3 Å². The Morgan fingerprint density at radius 3 is 2.48 bits per heavy atom. The van der Waals surface area contributed by atoms with E-state index in [-0.39, 0.29) is 31.3 Å². The summed E-state index contributed by atoms with van der Waals surface area (Å²) in [7, 11) is 0. The Balaban J connectivity index is 1.60. The van der Waals surface area contributed by atoms with Gasteiger partial charge in [0.05, 0.1) is 19.6 Å². The number of hydrogen-bond acceptors (Lipinski definition) is 5. The van der Waals surface area contributed by atoms with E-state index in [1.165, 1.54) is 24.3 Å². The fourth-order valence-corrected chi connectivity index (χ4v) is 2.26. The smallest absolute Gasteiger partial charge is 0.325 e. The molecule has 3 amide bonds. The minimum atomic E-state index is -0.946. The molecule has 1 heterocycles. The van der Waals surface area contributed by atoms with Crippen molar-refractivity contribution in [3.63, 3.8) is 0 Å². The number of ether oxygens (including phenoxy) is 2. The van der Waals surface area contributed by atoms with Gasteiger partial charge in [0.2, 0.25) is 0 Å². The van der Waals surface area contributed by atoms with Crippen molar-refractivity contribution in [1.82, 2.24) is 10.2 Å². The lowest BCUT2D eigenvalue weighted by atomic mass is 10.1. The quantitative estimate of drug-likeness (QED) is 0.438. The number of rotatable bonds is 8. The van der Waals surface area contributed by atoms with E-state index in [4.69, 9.17) is 9.47 Å². The minimum absolute atomic E-state index is 0.0149. The Labute approximate surface area is 145 Å². The number of benzene rings is 1. The molecule has 0 atom stereocenters. The fraction of sp³-hybridized carbons (Fsp3) is 0.471. The van der Waals surface area contributed by atoms with Gasteiger partial charge in [-0.05, 0) is 38.1 Å². The lowest BCUT2D eigenvalue weighted by Gasteiger charge is -2.15. The highest BCUT2D eigenvalue weighted by Crippen LogP contribution is 2.16. The maximum Gasteiger partial charge on any atom is 0.325 e. The van der Waals surface area contributed by atoms with E-state index in [0.29, 0.717) is 18.8 Å². The molecule has 2 rings (SSSR count). The van der Waals surface area contributed by atoms with E-state index in [2.05, 4.69) is 5.32 Å². The second kappa shape index (κ2) is 7.96. The lowest BCUT2D eigenvalue weighted by Crippen LogP contribution is -2.40. The summed E-state index contributed by atoms with van der Waals surface area (Å²) in [6.45, 7) is 3.67. The Morgan fingerprint density at radius 2 is 1.88 bits per heavy atom. The van der Waals surface area contributed by atoms with E-state index >= 15 is 0 Å². The fourth-order valence-electron chi connectivity index (χ4n) is 2.26. The highest BCUT2D eigenvalue weighted by atomic mass is 19.1. The van der Waals surface area contributed by atoms with Crippen LogP contribution in [-0.4, -0.2) is 48.1 Å². The lowest BCUT2D eigenvalue weighted by molar-refractivity contribution is -0.144. The predicted molar refractivity (Wildman–Crippen MR) is 86.4 cm³/mol. The van der Waals surface area contributed by atoms with Crippen molar-refractivity contribution in [2.75, 3.05) is 19.8 Å². The second-order valence-corrected chi connectivity index (χ2v) is 6.14. The van der Waals surface area contributed by atoms with Crippen LogP contribution in [0.4, 0.5) is 9.18 Å². The van der Waals surface area contributed by atoms with E-state index in [1.807, 2.05) is 0 Å². The van der Waals surface area contributed by atoms with Crippen molar-refractivity contribution < 1.29 is 28.2 Å². The topological polar surface area (TPSA) is 84.9 Å². The molecule has 1 N–H and O–H groups in total. The molecule has 1 aromatic rings. The van der Waals surface area contributed by atoms with E-state index in [1.54, 1.807) is 13.8 Å². The number of nitrogens with one attached hydrogen (secondary N) is 1. The van der Waals surface area contributed by atoms with Gasteiger partial charge in [0.1, 0.15) is 17.1 Å². The Kier molecular flexibility index (Phi) is 5.95. The summed E-state index contributed by atoms with van der Waals surface area (Å²) in [6.07, 6.45) is 0.410. The number of nitrogens with zero attached hydrogens (tertiary/aromatic N) is 1. The Morgan fingerprint density at radius 1 is 1.20 bits per heavy atom. The molecule has 1 saturated heterocycles. The molecule has 0 aromatic heterocycles. The number of urea groups is 1. The summed E-state index contributed by atoms with van der Waals surface area (Å²) in [5.41, 5.74) is -0.946. The van der Waals surface area contributed by atoms with Crippen LogP contribution < -0.4 is 10.1 Å². The molecule has 7 nitrogen and oxygen atoms in total. The van der Waals surface area contributed by atoms with Crippen molar-refractivity contribution in [3.05, 3.63) is 30.1 Å². The first-order valence-electron chi connectivity index (χ1n) is 7.98. The first-order chi connectivity index (χ1) is 11.8. The number of carbonyl (C=O) groups excluding carboxylic acids is 3. The monoisotopic (exact) mass is 352 g/mol. The minimum Gasteiger partial charge on any atom is -0.493 e. The van der Waals surface area contributed by atoms with Gasteiger partial charge < -0.3 is 14.8 Å². The molecule has 0 saturated carbocycles. The van der Waals surface area contributed by atoms with E-state index in [0.717, 1.165) is 4.90 Å². The maximum absolute atomic E-state index is 12.7. The van der Waals surface area contributed by atoms with Gasteiger partial charge in [-0.3, -0.25) is 14.5 Å². The maximum atomic E-state index is 12.7. The molecular formula is C17H21FN2O5. The molecule has 1 aliphatic rings. The number of halogens is 1. The molecule has 8 heteroatoms. The van der Waals surface area contributed by atoms with E-state index in [9.17, 15) is 18.8 Å². The van der Waals surface area contributed by atoms with Crippen LogP contribution in [0.5, 0.6) is 5.75 Å². The Bertz CT molecular complexity index is 645. The van der Waals surface area contributed by atoms with Gasteiger partial charge in [0.25, 0.3) is 5.91 Å². The van der Waals surface area contributed by atoms with Crippen molar-refractivity contribution in [3.8, 4) is 5.75 Å². The molecule has 0 radical (unpaired) electrons. The molecule has 25 heavy (non-hydrogen) atoms. The largest absolute Gasteiger partial charge is 0.493 e. The third-order valence-electron chi connectivity index (χ3n) is 3.62. The molecular weight excluding hydrogens is 331 g/mol. The molecule has 136 valence electrons. The van der Waals surface area contributed by atoms with Crippen LogP contribution in [0.2, 0.25) is 0 Å². The van der Waals surface area contributed by atoms with Crippen LogP contribution in [0.3, 0.4) is 0 Å². The number of imide groups is 1. The third-order valence-corrected chi connectivity index (χ3v) is 3.62. The highest BCUT2D eigenvalue weighted by molar-refractivity contribution is 6.06. The molecule has 0 bridgehead atoms. The zero-order valence-electron chi connectivity index (χ0n) is 14.2.